The molecule has 0 aromatic carbocycles. The predicted octanol–water partition coefficient (Wildman–Crippen LogP) is 1.86. The molecular formula is C14H30N2O. The minimum Gasteiger partial charge on any atom is -0.394 e. The molecule has 0 aliphatic heterocycles. The Labute approximate surface area is 107 Å². The van der Waals surface area contributed by atoms with Gasteiger partial charge in [0.15, 0.2) is 0 Å². The van der Waals surface area contributed by atoms with Crippen molar-refractivity contribution in [1.29, 1.82) is 0 Å². The SMILES string of the molecule is CC(C)NC(C)(CO)CC(C)N(C)CC1CC1. The van der Waals surface area contributed by atoms with Crippen LogP contribution in [0.3, 0.4) is 0 Å². The maximum atomic E-state index is 9.58. The molecule has 2 unspecified atom stereocenters. The van der Waals surface area contributed by atoms with Gasteiger partial charge in [0.25, 0.3) is 0 Å². The molecule has 17 heavy (non-hydrogen) atoms. The van der Waals surface area contributed by atoms with E-state index in [2.05, 4.69) is 45.0 Å². The van der Waals surface area contributed by atoms with Gasteiger partial charge in [-0.15, -0.1) is 0 Å². The number of aliphatic hydroxyl groups is 1. The summed E-state index contributed by atoms with van der Waals surface area (Å²) in [5.74, 6) is 0.931. The first-order chi connectivity index (χ1) is 7.86. The van der Waals surface area contributed by atoms with Gasteiger partial charge in [-0.2, -0.15) is 0 Å². The van der Waals surface area contributed by atoms with Crippen molar-refractivity contribution in [3.05, 3.63) is 0 Å². The second-order valence-corrected chi connectivity index (χ2v) is 6.45. The highest BCUT2D eigenvalue weighted by Crippen LogP contribution is 2.30. The zero-order valence-electron chi connectivity index (χ0n) is 12.2. The fourth-order valence-corrected chi connectivity index (χ4v) is 2.56. The van der Waals surface area contributed by atoms with Gasteiger partial charge in [0.2, 0.25) is 0 Å². The van der Waals surface area contributed by atoms with Crippen molar-refractivity contribution in [2.45, 2.75) is 64.6 Å². The Kier molecular flexibility index (Phi) is 5.42. The van der Waals surface area contributed by atoms with Gasteiger partial charge < -0.3 is 15.3 Å². The average Bonchev–Trinajstić information content (AvgIpc) is 3.00. The molecule has 1 fully saturated rings. The molecule has 0 aromatic rings. The normalized spacial score (nSPS) is 21.9. The standard InChI is InChI=1S/C14H30N2O/c1-11(2)15-14(4,10-17)8-12(3)16(5)9-13-6-7-13/h11-13,15,17H,6-10H2,1-5H3. The molecule has 102 valence electrons. The van der Waals surface area contributed by atoms with Gasteiger partial charge in [-0.3, -0.25) is 0 Å². The zero-order chi connectivity index (χ0) is 13.1. The highest BCUT2D eigenvalue weighted by Gasteiger charge is 2.30. The number of nitrogens with one attached hydrogen (secondary N) is 1. The minimum atomic E-state index is -0.161. The second kappa shape index (κ2) is 6.17. The minimum absolute atomic E-state index is 0.161. The van der Waals surface area contributed by atoms with E-state index in [1.165, 1.54) is 19.4 Å². The van der Waals surface area contributed by atoms with Crippen LogP contribution in [-0.2, 0) is 0 Å². The Hall–Kier alpha value is -0.120. The Morgan fingerprint density at radius 1 is 1.35 bits per heavy atom. The van der Waals surface area contributed by atoms with E-state index in [4.69, 9.17) is 0 Å². The molecule has 2 N–H and O–H groups in total. The van der Waals surface area contributed by atoms with Crippen molar-refractivity contribution in [2.75, 3.05) is 20.2 Å². The summed E-state index contributed by atoms with van der Waals surface area (Å²) in [5, 5.41) is 13.1. The topological polar surface area (TPSA) is 35.5 Å². The van der Waals surface area contributed by atoms with E-state index in [1.807, 2.05) is 0 Å². The van der Waals surface area contributed by atoms with Crippen molar-refractivity contribution >= 4 is 0 Å². The lowest BCUT2D eigenvalue weighted by molar-refractivity contribution is 0.118. The van der Waals surface area contributed by atoms with Crippen LogP contribution in [0.5, 0.6) is 0 Å². The van der Waals surface area contributed by atoms with Crippen LogP contribution >= 0.6 is 0 Å². The van der Waals surface area contributed by atoms with E-state index >= 15 is 0 Å². The zero-order valence-corrected chi connectivity index (χ0v) is 12.2. The fraction of sp³-hybridized carbons (Fsp3) is 1.00. The first-order valence-corrected chi connectivity index (χ1v) is 6.95. The Bertz CT molecular complexity index is 228. The van der Waals surface area contributed by atoms with Crippen LogP contribution in [-0.4, -0.2) is 47.8 Å². The van der Waals surface area contributed by atoms with E-state index in [1.54, 1.807) is 0 Å². The highest BCUT2D eigenvalue weighted by atomic mass is 16.3. The van der Waals surface area contributed by atoms with Gasteiger partial charge in [0.05, 0.1) is 6.61 Å². The number of hydrogen-bond acceptors (Lipinski definition) is 3. The highest BCUT2D eigenvalue weighted by molar-refractivity contribution is 4.89. The summed E-state index contributed by atoms with van der Waals surface area (Å²) in [6.07, 6.45) is 3.79. The van der Waals surface area contributed by atoms with E-state index in [0.717, 1.165) is 12.3 Å². The maximum absolute atomic E-state index is 9.58. The molecule has 0 spiro atoms. The summed E-state index contributed by atoms with van der Waals surface area (Å²) in [6.45, 7) is 10.1. The molecule has 1 saturated carbocycles. The summed E-state index contributed by atoms with van der Waals surface area (Å²) in [6, 6.07) is 0.923. The summed E-state index contributed by atoms with van der Waals surface area (Å²) in [4.78, 5) is 2.44. The van der Waals surface area contributed by atoms with Crippen LogP contribution in [0.4, 0.5) is 0 Å². The molecule has 0 heterocycles. The third-order valence-electron chi connectivity index (χ3n) is 3.73. The predicted molar refractivity (Wildman–Crippen MR) is 73.2 cm³/mol. The van der Waals surface area contributed by atoms with Crippen molar-refractivity contribution in [3.63, 3.8) is 0 Å². The number of nitrogens with zero attached hydrogens (tertiary/aromatic N) is 1. The number of rotatable bonds is 8. The van der Waals surface area contributed by atoms with Gasteiger partial charge in [0.1, 0.15) is 0 Å². The maximum Gasteiger partial charge on any atom is 0.0611 e. The third-order valence-corrected chi connectivity index (χ3v) is 3.73. The van der Waals surface area contributed by atoms with Crippen LogP contribution in [0, 0.1) is 5.92 Å². The first-order valence-electron chi connectivity index (χ1n) is 6.95. The quantitative estimate of drug-likeness (QED) is 0.682. The monoisotopic (exact) mass is 242 g/mol. The lowest BCUT2D eigenvalue weighted by Crippen LogP contribution is -2.52. The van der Waals surface area contributed by atoms with E-state index < -0.39 is 0 Å². The molecule has 1 aliphatic rings. The van der Waals surface area contributed by atoms with Crippen LogP contribution in [0.25, 0.3) is 0 Å². The Morgan fingerprint density at radius 3 is 2.35 bits per heavy atom. The van der Waals surface area contributed by atoms with Crippen molar-refractivity contribution in [2.24, 2.45) is 5.92 Å². The van der Waals surface area contributed by atoms with Gasteiger partial charge in [-0.05, 0) is 46.1 Å². The van der Waals surface area contributed by atoms with Gasteiger partial charge in [-0.1, -0.05) is 13.8 Å². The molecule has 1 aliphatic carbocycles. The third kappa shape index (κ3) is 5.36. The molecule has 3 nitrogen and oxygen atoms in total. The fourth-order valence-electron chi connectivity index (χ4n) is 2.56. The first kappa shape index (κ1) is 14.9. The lowest BCUT2D eigenvalue weighted by Gasteiger charge is -2.36. The number of aliphatic hydroxyl groups excluding tert-OH is 1. The molecule has 0 bridgehead atoms. The lowest BCUT2D eigenvalue weighted by atomic mass is 9.93. The molecular weight excluding hydrogens is 212 g/mol. The van der Waals surface area contributed by atoms with Gasteiger partial charge in [0, 0.05) is 24.2 Å². The van der Waals surface area contributed by atoms with Crippen LogP contribution in [0.1, 0.15) is 47.0 Å². The van der Waals surface area contributed by atoms with Crippen LogP contribution < -0.4 is 5.32 Å². The van der Waals surface area contributed by atoms with Crippen molar-refractivity contribution < 1.29 is 5.11 Å². The Morgan fingerprint density at radius 2 is 1.94 bits per heavy atom. The average molecular weight is 242 g/mol. The Balaban J connectivity index is 2.41. The molecule has 1 rings (SSSR count). The van der Waals surface area contributed by atoms with Crippen molar-refractivity contribution in [1.82, 2.24) is 10.2 Å². The largest absolute Gasteiger partial charge is 0.394 e. The van der Waals surface area contributed by atoms with E-state index in [0.29, 0.717) is 12.1 Å². The molecule has 0 aromatic heterocycles. The molecule has 0 amide bonds. The van der Waals surface area contributed by atoms with Gasteiger partial charge in [-0.25, -0.2) is 0 Å². The smallest absolute Gasteiger partial charge is 0.0611 e. The summed E-state index contributed by atoms with van der Waals surface area (Å²) >= 11 is 0. The van der Waals surface area contributed by atoms with Gasteiger partial charge >= 0.3 is 0 Å². The summed E-state index contributed by atoms with van der Waals surface area (Å²) in [5.41, 5.74) is -0.161. The number of hydrogen-bond donors (Lipinski definition) is 2. The van der Waals surface area contributed by atoms with E-state index in [9.17, 15) is 5.11 Å². The van der Waals surface area contributed by atoms with Crippen LogP contribution in [0.2, 0.25) is 0 Å². The molecule has 0 saturated heterocycles. The summed E-state index contributed by atoms with van der Waals surface area (Å²) < 4.78 is 0. The van der Waals surface area contributed by atoms with E-state index in [-0.39, 0.29) is 12.1 Å². The van der Waals surface area contributed by atoms with Crippen LogP contribution in [0.15, 0.2) is 0 Å². The molecule has 3 heteroatoms. The molecule has 2 atom stereocenters. The second-order valence-electron chi connectivity index (χ2n) is 6.45. The van der Waals surface area contributed by atoms with Crippen molar-refractivity contribution in [3.8, 4) is 0 Å². The summed E-state index contributed by atoms with van der Waals surface area (Å²) in [7, 11) is 2.20. The molecule has 0 radical (unpaired) electrons.